The molecule has 12 heteroatoms. The van der Waals surface area contributed by atoms with Crippen LogP contribution >= 0.6 is 0 Å². The molecule has 2 aromatic carbocycles. The maximum atomic E-state index is 12.5. The van der Waals surface area contributed by atoms with Crippen LogP contribution in [0, 0.1) is 10.1 Å². The van der Waals surface area contributed by atoms with Gasteiger partial charge < -0.3 is 18.9 Å². The highest BCUT2D eigenvalue weighted by atomic mass is 32.2. The van der Waals surface area contributed by atoms with Crippen molar-refractivity contribution in [2.45, 2.75) is 17.7 Å². The van der Waals surface area contributed by atoms with Gasteiger partial charge in [0.2, 0.25) is 11.7 Å². The Morgan fingerprint density at radius 3 is 2.10 bits per heavy atom. The van der Waals surface area contributed by atoms with E-state index in [9.17, 15) is 23.3 Å². The molecule has 1 N–H and O–H groups in total. The fourth-order valence-corrected chi connectivity index (χ4v) is 3.96. The second-order valence-corrected chi connectivity index (χ2v) is 7.80. The third-order valence-electron chi connectivity index (χ3n) is 4.27. The van der Waals surface area contributed by atoms with Crippen LogP contribution in [0.5, 0.6) is 23.0 Å². The predicted molar refractivity (Wildman–Crippen MR) is 109 cm³/mol. The molecule has 0 saturated carbocycles. The Labute approximate surface area is 179 Å². The molecule has 0 unspecified atom stereocenters. The van der Waals surface area contributed by atoms with Crippen molar-refractivity contribution in [3.63, 3.8) is 0 Å². The fourth-order valence-electron chi connectivity index (χ4n) is 2.79. The van der Waals surface area contributed by atoms with Gasteiger partial charge in [-0.15, -0.1) is 0 Å². The molecule has 0 saturated heterocycles. The van der Waals surface area contributed by atoms with Crippen LogP contribution in [0.3, 0.4) is 0 Å². The second kappa shape index (κ2) is 9.98. The van der Waals surface area contributed by atoms with Gasteiger partial charge in [0.1, 0.15) is 5.75 Å². The van der Waals surface area contributed by atoms with Gasteiger partial charge in [-0.25, -0.2) is 13.1 Å². The molecule has 0 atom stereocenters. The van der Waals surface area contributed by atoms with E-state index in [1.807, 2.05) is 4.72 Å². The molecule has 0 aliphatic carbocycles. The van der Waals surface area contributed by atoms with E-state index in [-0.39, 0.29) is 18.6 Å². The van der Waals surface area contributed by atoms with E-state index < -0.39 is 31.4 Å². The average molecular weight is 454 g/mol. The summed E-state index contributed by atoms with van der Waals surface area (Å²) in [6.07, 6.45) is -0.0510. The van der Waals surface area contributed by atoms with Crippen molar-refractivity contribution in [3.05, 3.63) is 46.0 Å². The number of benzene rings is 2. The van der Waals surface area contributed by atoms with Crippen LogP contribution in [0.2, 0.25) is 0 Å². The zero-order valence-corrected chi connectivity index (χ0v) is 18.1. The van der Waals surface area contributed by atoms with E-state index in [4.69, 9.17) is 18.9 Å². The lowest BCUT2D eigenvalue weighted by atomic mass is 10.1. The van der Waals surface area contributed by atoms with E-state index in [1.54, 1.807) is 12.1 Å². The highest BCUT2D eigenvalue weighted by Gasteiger charge is 2.28. The third kappa shape index (κ3) is 5.54. The lowest BCUT2D eigenvalue weighted by Crippen LogP contribution is -2.31. The van der Waals surface area contributed by atoms with Crippen LogP contribution in [0.1, 0.15) is 12.0 Å². The number of hydrogen-bond donors (Lipinski definition) is 1. The van der Waals surface area contributed by atoms with Crippen LogP contribution in [0.25, 0.3) is 0 Å². The van der Waals surface area contributed by atoms with Crippen molar-refractivity contribution in [3.8, 4) is 23.0 Å². The van der Waals surface area contributed by atoms with Gasteiger partial charge in [0.15, 0.2) is 16.4 Å². The number of carbonyl (C=O) groups excluding carboxylic acids is 1. The zero-order valence-electron chi connectivity index (χ0n) is 17.3. The van der Waals surface area contributed by atoms with Gasteiger partial charge in [0.25, 0.3) is 15.7 Å². The number of aryl methyl sites for hydroxylation is 1. The van der Waals surface area contributed by atoms with Gasteiger partial charge in [-0.2, -0.15) is 0 Å². The number of ether oxygens (including phenoxy) is 4. The van der Waals surface area contributed by atoms with Crippen LogP contribution in [-0.4, -0.2) is 47.7 Å². The van der Waals surface area contributed by atoms with Crippen LogP contribution in [0.15, 0.2) is 35.2 Å². The summed E-state index contributed by atoms with van der Waals surface area (Å²) >= 11 is 0. The fraction of sp³-hybridized carbons (Fsp3) is 0.316. The number of nitrogens with one attached hydrogen (secondary N) is 1. The number of rotatable bonds is 10. The Bertz CT molecular complexity index is 1060. The molecule has 2 aromatic rings. The molecule has 168 valence electrons. The molecule has 0 bridgehead atoms. The average Bonchev–Trinajstić information content (AvgIpc) is 2.75. The Hall–Kier alpha value is -3.54. The highest BCUT2D eigenvalue weighted by Crippen LogP contribution is 2.38. The van der Waals surface area contributed by atoms with Crippen molar-refractivity contribution in [1.29, 1.82) is 0 Å². The van der Waals surface area contributed by atoms with Crippen molar-refractivity contribution in [1.82, 2.24) is 4.72 Å². The van der Waals surface area contributed by atoms with Gasteiger partial charge in [-0.3, -0.25) is 14.9 Å². The topological polar surface area (TPSA) is 143 Å². The van der Waals surface area contributed by atoms with Gasteiger partial charge in [0, 0.05) is 6.42 Å². The van der Waals surface area contributed by atoms with Crippen LogP contribution < -0.4 is 23.7 Å². The first-order chi connectivity index (χ1) is 14.7. The quantitative estimate of drug-likeness (QED) is 0.421. The minimum Gasteiger partial charge on any atom is -0.497 e. The number of carbonyl (C=O) groups is 1. The Morgan fingerprint density at radius 2 is 1.61 bits per heavy atom. The van der Waals surface area contributed by atoms with Gasteiger partial charge in [-0.05, 0) is 36.2 Å². The van der Waals surface area contributed by atoms with Gasteiger partial charge in [0.05, 0.1) is 39.4 Å². The largest absolute Gasteiger partial charge is 0.497 e. The van der Waals surface area contributed by atoms with Crippen molar-refractivity contribution in [2.24, 2.45) is 0 Å². The second-order valence-electron chi connectivity index (χ2n) is 6.15. The summed E-state index contributed by atoms with van der Waals surface area (Å²) in [4.78, 5) is 22.0. The molecule has 0 spiro atoms. The van der Waals surface area contributed by atoms with Crippen molar-refractivity contribution in [2.75, 3.05) is 28.4 Å². The molecule has 1 amide bonds. The summed E-state index contributed by atoms with van der Waals surface area (Å²) < 4.78 is 47.5. The normalized spacial score (nSPS) is 10.8. The number of nitro groups is 1. The van der Waals surface area contributed by atoms with Gasteiger partial charge >= 0.3 is 0 Å². The smallest absolute Gasteiger partial charge is 0.293 e. The summed E-state index contributed by atoms with van der Waals surface area (Å²) in [6, 6.07) is 6.50. The first-order valence-corrected chi connectivity index (χ1v) is 10.3. The Balaban J connectivity index is 2.19. The molecule has 0 fully saturated rings. The number of amides is 1. The first kappa shape index (κ1) is 23.7. The van der Waals surface area contributed by atoms with Crippen molar-refractivity contribution >= 4 is 21.6 Å². The summed E-state index contributed by atoms with van der Waals surface area (Å²) in [5, 5.41) is 11.2. The monoisotopic (exact) mass is 454 g/mol. The van der Waals surface area contributed by atoms with E-state index in [1.165, 1.54) is 34.5 Å². The number of sulfonamides is 1. The number of hydrogen-bond acceptors (Lipinski definition) is 9. The summed E-state index contributed by atoms with van der Waals surface area (Å²) in [7, 11) is 1.17. The maximum absolute atomic E-state index is 12.5. The highest BCUT2D eigenvalue weighted by molar-refractivity contribution is 7.90. The lowest BCUT2D eigenvalue weighted by Gasteiger charge is -2.14. The van der Waals surface area contributed by atoms with Crippen LogP contribution in [-0.2, 0) is 21.2 Å². The lowest BCUT2D eigenvalue weighted by molar-refractivity contribution is -0.387. The molecular weight excluding hydrogens is 432 g/mol. The number of methoxy groups -OCH3 is 4. The molecule has 0 heterocycles. The van der Waals surface area contributed by atoms with E-state index in [2.05, 4.69) is 0 Å². The first-order valence-electron chi connectivity index (χ1n) is 8.83. The van der Waals surface area contributed by atoms with Crippen molar-refractivity contribution < 1.29 is 37.1 Å². The third-order valence-corrected chi connectivity index (χ3v) is 5.69. The van der Waals surface area contributed by atoms with Crippen LogP contribution in [0.4, 0.5) is 5.69 Å². The standard InChI is InChI=1S/C19H22N2O9S/c1-27-13-6-7-17(14(11-13)21(23)24)31(25,26)20-18(22)8-5-12-9-15(28-2)19(30-4)16(10-12)29-3/h6-7,9-11H,5,8H2,1-4H3,(H,20,22). The molecule has 0 aliphatic heterocycles. The molecule has 2 rings (SSSR count). The van der Waals surface area contributed by atoms with Gasteiger partial charge in [-0.1, -0.05) is 0 Å². The Morgan fingerprint density at radius 1 is 1.00 bits per heavy atom. The minimum atomic E-state index is -4.47. The Kier molecular flexibility index (Phi) is 7.64. The van der Waals surface area contributed by atoms with E-state index >= 15 is 0 Å². The molecular formula is C19H22N2O9S. The summed E-state index contributed by atoms with van der Waals surface area (Å²) in [5.74, 6) is 0.434. The summed E-state index contributed by atoms with van der Waals surface area (Å²) in [5.41, 5.74) is -0.0678. The zero-order chi connectivity index (χ0) is 23.2. The minimum absolute atomic E-state index is 0.111. The molecule has 0 radical (unpaired) electrons. The molecule has 0 aliphatic rings. The maximum Gasteiger partial charge on any atom is 0.293 e. The SMILES string of the molecule is COc1ccc(S(=O)(=O)NC(=O)CCc2cc(OC)c(OC)c(OC)c2)c([N+](=O)[O-])c1. The van der Waals surface area contributed by atoms with E-state index in [0.29, 0.717) is 22.8 Å². The predicted octanol–water partition coefficient (Wildman–Crippen LogP) is 2.07. The molecule has 11 nitrogen and oxygen atoms in total. The molecule has 31 heavy (non-hydrogen) atoms. The number of nitrogens with zero attached hydrogens (tertiary/aromatic N) is 1. The molecule has 0 aromatic heterocycles. The number of nitro benzene ring substituents is 1. The summed E-state index contributed by atoms with van der Waals surface area (Å²) in [6.45, 7) is 0. The van der Waals surface area contributed by atoms with E-state index in [0.717, 1.165) is 12.1 Å².